The van der Waals surface area contributed by atoms with E-state index in [1.807, 2.05) is 18.2 Å². The van der Waals surface area contributed by atoms with E-state index < -0.39 is 11.5 Å². The summed E-state index contributed by atoms with van der Waals surface area (Å²) in [4.78, 5) is 38.7. The molecular weight excluding hydrogens is 360 g/mol. The molecule has 1 aliphatic heterocycles. The number of carboxylic acid groups (broad SMARTS) is 1. The van der Waals surface area contributed by atoms with Gasteiger partial charge < -0.3 is 20.1 Å². The molecule has 2 fully saturated rings. The third-order valence-corrected chi connectivity index (χ3v) is 5.73. The molecule has 1 saturated carbocycles. The van der Waals surface area contributed by atoms with Crippen LogP contribution in [-0.4, -0.2) is 53.0 Å². The molecule has 0 radical (unpaired) electrons. The number of rotatable bonds is 6. The Bertz CT molecular complexity index is 700. The van der Waals surface area contributed by atoms with E-state index in [-0.39, 0.29) is 24.3 Å². The molecule has 2 amide bonds. The molecule has 2 aliphatic rings. The fourth-order valence-electron chi connectivity index (χ4n) is 4.06. The second kappa shape index (κ2) is 9.08. The number of likely N-dealkylation sites (tertiary alicyclic amines) is 1. The number of hydrogen-bond donors (Lipinski definition) is 2. The second-order valence-corrected chi connectivity index (χ2v) is 7.72. The van der Waals surface area contributed by atoms with Crippen molar-refractivity contribution in [3.63, 3.8) is 0 Å². The van der Waals surface area contributed by atoms with Crippen LogP contribution in [0.15, 0.2) is 30.3 Å². The smallest absolute Gasteiger partial charge is 0.329 e. The molecule has 1 aromatic carbocycles. The largest absolute Gasteiger partial charge is 0.484 e. The molecule has 1 unspecified atom stereocenters. The summed E-state index contributed by atoms with van der Waals surface area (Å²) in [6, 6.07) is 9.12. The summed E-state index contributed by atoms with van der Waals surface area (Å²) in [5.41, 5.74) is -1.15. The standard InChI is InChI=1S/C21H28N2O5/c24-18(15-28-17-9-3-1-4-10-17)23-13-7-8-16(14-23)19(25)22-21(20(26)27)11-5-2-6-12-21/h1,3-4,9-10,16H,2,5-8,11-15H2,(H,22,25)(H,26,27). The first-order valence-corrected chi connectivity index (χ1v) is 10.0. The Kier molecular flexibility index (Phi) is 6.54. The molecule has 1 aliphatic carbocycles. The number of nitrogens with one attached hydrogen (secondary N) is 1. The van der Waals surface area contributed by atoms with Crippen molar-refractivity contribution in [1.82, 2.24) is 10.2 Å². The SMILES string of the molecule is O=C(NC1(C(=O)O)CCCCC1)C1CCCN(C(=O)COc2ccccc2)C1. The number of hydrogen-bond acceptors (Lipinski definition) is 4. The van der Waals surface area contributed by atoms with Crippen LogP contribution in [0.4, 0.5) is 0 Å². The van der Waals surface area contributed by atoms with Crippen LogP contribution in [0.5, 0.6) is 5.75 Å². The number of ether oxygens (including phenoxy) is 1. The summed E-state index contributed by atoms with van der Waals surface area (Å²) >= 11 is 0. The molecule has 2 N–H and O–H groups in total. The number of carboxylic acids is 1. The van der Waals surface area contributed by atoms with Gasteiger partial charge in [0.25, 0.3) is 5.91 Å². The zero-order valence-corrected chi connectivity index (χ0v) is 16.1. The molecule has 1 aromatic rings. The Labute approximate surface area is 165 Å². The Balaban J connectivity index is 1.55. The summed E-state index contributed by atoms with van der Waals surface area (Å²) in [6.07, 6.45) is 4.91. The normalized spacial score (nSPS) is 21.6. The van der Waals surface area contributed by atoms with Crippen LogP contribution in [0, 0.1) is 5.92 Å². The van der Waals surface area contributed by atoms with E-state index in [0.717, 1.165) is 25.7 Å². The summed E-state index contributed by atoms with van der Waals surface area (Å²) < 4.78 is 5.52. The van der Waals surface area contributed by atoms with Gasteiger partial charge in [-0.2, -0.15) is 0 Å². The Morgan fingerprint density at radius 1 is 1.11 bits per heavy atom. The molecule has 1 saturated heterocycles. The number of carbonyl (C=O) groups excluding carboxylic acids is 2. The Morgan fingerprint density at radius 3 is 2.50 bits per heavy atom. The Morgan fingerprint density at radius 2 is 1.82 bits per heavy atom. The van der Waals surface area contributed by atoms with Crippen LogP contribution < -0.4 is 10.1 Å². The first kappa shape index (κ1) is 20.2. The fourth-order valence-corrected chi connectivity index (χ4v) is 4.06. The minimum Gasteiger partial charge on any atom is -0.484 e. The van der Waals surface area contributed by atoms with Crippen molar-refractivity contribution >= 4 is 17.8 Å². The van der Waals surface area contributed by atoms with E-state index >= 15 is 0 Å². The van der Waals surface area contributed by atoms with Crippen LogP contribution in [-0.2, 0) is 14.4 Å². The molecule has 0 spiro atoms. The fraction of sp³-hybridized carbons (Fsp3) is 0.571. The average molecular weight is 388 g/mol. The van der Waals surface area contributed by atoms with Gasteiger partial charge in [0.1, 0.15) is 11.3 Å². The van der Waals surface area contributed by atoms with Gasteiger partial charge >= 0.3 is 5.97 Å². The lowest BCUT2D eigenvalue weighted by Crippen LogP contribution is -2.58. The lowest BCUT2D eigenvalue weighted by molar-refractivity contribution is -0.151. The van der Waals surface area contributed by atoms with Gasteiger partial charge in [0.15, 0.2) is 6.61 Å². The van der Waals surface area contributed by atoms with Gasteiger partial charge in [-0.25, -0.2) is 4.79 Å². The maximum atomic E-state index is 12.8. The van der Waals surface area contributed by atoms with Gasteiger partial charge in [0, 0.05) is 13.1 Å². The molecule has 7 heteroatoms. The van der Waals surface area contributed by atoms with E-state index in [4.69, 9.17) is 4.74 Å². The van der Waals surface area contributed by atoms with Gasteiger partial charge in [-0.15, -0.1) is 0 Å². The molecule has 1 atom stereocenters. The van der Waals surface area contributed by atoms with E-state index in [0.29, 0.717) is 38.1 Å². The van der Waals surface area contributed by atoms with Gasteiger partial charge in [0.2, 0.25) is 5.91 Å². The maximum absolute atomic E-state index is 12.8. The number of benzene rings is 1. The minimum atomic E-state index is -1.15. The maximum Gasteiger partial charge on any atom is 0.329 e. The van der Waals surface area contributed by atoms with Crippen LogP contribution in [0.3, 0.4) is 0 Å². The van der Waals surface area contributed by atoms with Gasteiger partial charge in [-0.1, -0.05) is 37.5 Å². The highest BCUT2D eigenvalue weighted by molar-refractivity contribution is 5.89. The van der Waals surface area contributed by atoms with Crippen LogP contribution in [0.2, 0.25) is 0 Å². The first-order valence-electron chi connectivity index (χ1n) is 10.0. The number of amides is 2. The van der Waals surface area contributed by atoms with Crippen LogP contribution in [0.1, 0.15) is 44.9 Å². The van der Waals surface area contributed by atoms with Crippen molar-refractivity contribution in [2.75, 3.05) is 19.7 Å². The second-order valence-electron chi connectivity index (χ2n) is 7.72. The van der Waals surface area contributed by atoms with Gasteiger partial charge in [-0.3, -0.25) is 9.59 Å². The van der Waals surface area contributed by atoms with Crippen LogP contribution in [0.25, 0.3) is 0 Å². The molecule has 0 bridgehead atoms. The molecular formula is C21H28N2O5. The lowest BCUT2D eigenvalue weighted by Gasteiger charge is -2.37. The van der Waals surface area contributed by atoms with Crippen molar-refractivity contribution in [1.29, 1.82) is 0 Å². The van der Waals surface area contributed by atoms with Crippen molar-refractivity contribution in [3.05, 3.63) is 30.3 Å². The summed E-state index contributed by atoms with van der Waals surface area (Å²) in [5, 5.41) is 12.5. The molecule has 7 nitrogen and oxygen atoms in total. The molecule has 3 rings (SSSR count). The quantitative estimate of drug-likeness (QED) is 0.779. The zero-order chi connectivity index (χ0) is 20.0. The zero-order valence-electron chi connectivity index (χ0n) is 16.1. The van der Waals surface area contributed by atoms with Crippen molar-refractivity contribution < 1.29 is 24.2 Å². The summed E-state index contributed by atoms with van der Waals surface area (Å²) in [5.74, 6) is -1.13. The van der Waals surface area contributed by atoms with E-state index in [9.17, 15) is 19.5 Å². The van der Waals surface area contributed by atoms with Gasteiger partial charge in [0.05, 0.1) is 5.92 Å². The highest BCUT2D eigenvalue weighted by Crippen LogP contribution is 2.29. The lowest BCUT2D eigenvalue weighted by atomic mass is 9.81. The third-order valence-electron chi connectivity index (χ3n) is 5.73. The van der Waals surface area contributed by atoms with Crippen LogP contribution >= 0.6 is 0 Å². The highest BCUT2D eigenvalue weighted by atomic mass is 16.5. The third kappa shape index (κ3) is 4.82. The monoisotopic (exact) mass is 388 g/mol. The number of carbonyl (C=O) groups is 3. The number of nitrogens with zero attached hydrogens (tertiary/aromatic N) is 1. The molecule has 28 heavy (non-hydrogen) atoms. The molecule has 1 heterocycles. The molecule has 152 valence electrons. The number of aliphatic carboxylic acids is 1. The number of piperidine rings is 1. The van der Waals surface area contributed by atoms with E-state index in [1.165, 1.54) is 0 Å². The van der Waals surface area contributed by atoms with E-state index in [1.54, 1.807) is 17.0 Å². The van der Waals surface area contributed by atoms with Crippen molar-refractivity contribution in [2.24, 2.45) is 5.92 Å². The first-order chi connectivity index (χ1) is 13.5. The number of para-hydroxylation sites is 1. The summed E-state index contributed by atoms with van der Waals surface area (Å²) in [6.45, 7) is 0.820. The average Bonchev–Trinajstić information content (AvgIpc) is 2.73. The summed E-state index contributed by atoms with van der Waals surface area (Å²) in [7, 11) is 0. The van der Waals surface area contributed by atoms with Gasteiger partial charge in [-0.05, 0) is 37.8 Å². The topological polar surface area (TPSA) is 95.9 Å². The predicted molar refractivity (Wildman–Crippen MR) is 103 cm³/mol. The minimum absolute atomic E-state index is 0.0720. The van der Waals surface area contributed by atoms with E-state index in [2.05, 4.69) is 5.32 Å². The van der Waals surface area contributed by atoms with Crippen molar-refractivity contribution in [2.45, 2.75) is 50.5 Å². The Hall–Kier alpha value is -2.57. The highest BCUT2D eigenvalue weighted by Gasteiger charge is 2.42. The van der Waals surface area contributed by atoms with Crippen molar-refractivity contribution in [3.8, 4) is 5.75 Å². The molecule has 0 aromatic heterocycles. The predicted octanol–water partition coefficient (Wildman–Crippen LogP) is 2.21.